The van der Waals surface area contributed by atoms with Crippen LogP contribution in [0.5, 0.6) is 17.2 Å². The van der Waals surface area contributed by atoms with Crippen molar-refractivity contribution in [2.75, 3.05) is 0 Å². The van der Waals surface area contributed by atoms with Crippen molar-refractivity contribution >= 4 is 7.82 Å². The van der Waals surface area contributed by atoms with Crippen LogP contribution in [0, 0.1) is 0 Å². The quantitative estimate of drug-likeness (QED) is 0.482. The molecule has 0 aliphatic heterocycles. The van der Waals surface area contributed by atoms with Crippen molar-refractivity contribution in [2.45, 2.75) is 13.8 Å². The summed E-state index contributed by atoms with van der Waals surface area (Å²) in [6.45, 7) is 4.00. The number of rotatable bonds is 6. The highest BCUT2D eigenvalue weighted by molar-refractivity contribution is 7.49. The number of para-hydroxylation sites is 3. The monoisotopic (exact) mass is 356 g/mol. The van der Waals surface area contributed by atoms with Gasteiger partial charge in [-0.05, 0) is 36.4 Å². The zero-order valence-electron chi connectivity index (χ0n) is 14.2. The second-order valence-corrected chi connectivity index (χ2v) is 6.10. The van der Waals surface area contributed by atoms with Gasteiger partial charge in [0.2, 0.25) is 0 Å². The molecule has 0 aliphatic rings. The fraction of sp³-hybridized carbons (Fsp3) is 0.100. The third-order valence-corrected chi connectivity index (χ3v) is 4.18. The predicted octanol–water partition coefficient (Wildman–Crippen LogP) is 6.36. The van der Waals surface area contributed by atoms with E-state index in [4.69, 9.17) is 13.6 Å². The molecular formula is C20H21O4P. The van der Waals surface area contributed by atoms with Crippen LogP contribution in [0.2, 0.25) is 0 Å². The maximum atomic E-state index is 13.1. The number of phosphoric ester groups is 1. The van der Waals surface area contributed by atoms with Crippen LogP contribution in [0.4, 0.5) is 0 Å². The van der Waals surface area contributed by atoms with E-state index in [1.54, 1.807) is 72.8 Å². The Labute approximate surface area is 148 Å². The highest BCUT2D eigenvalue weighted by atomic mass is 31.2. The standard InChI is InChI=1S/C18H15O4P.C2H6/c19-23(20-16-10-4-1-5-11-16,21-17-12-6-2-7-13-17)22-18-14-8-3-9-15-18;1-2/h1-15H;1-2H3. The first-order valence-corrected chi connectivity index (χ1v) is 9.54. The van der Waals surface area contributed by atoms with Gasteiger partial charge in [0.05, 0.1) is 0 Å². The van der Waals surface area contributed by atoms with Crippen LogP contribution < -0.4 is 13.6 Å². The summed E-state index contributed by atoms with van der Waals surface area (Å²) in [6, 6.07) is 26.4. The molecule has 0 saturated heterocycles. The van der Waals surface area contributed by atoms with E-state index < -0.39 is 7.82 Å². The van der Waals surface area contributed by atoms with Crippen LogP contribution in [-0.2, 0) is 4.57 Å². The summed E-state index contributed by atoms with van der Waals surface area (Å²) in [6.07, 6.45) is 0. The van der Waals surface area contributed by atoms with Crippen LogP contribution in [0.1, 0.15) is 13.8 Å². The van der Waals surface area contributed by atoms with E-state index in [1.165, 1.54) is 0 Å². The maximum absolute atomic E-state index is 13.1. The average molecular weight is 356 g/mol. The van der Waals surface area contributed by atoms with Gasteiger partial charge >= 0.3 is 7.82 Å². The molecule has 0 aliphatic carbocycles. The van der Waals surface area contributed by atoms with Gasteiger partial charge < -0.3 is 13.6 Å². The van der Waals surface area contributed by atoms with E-state index >= 15 is 0 Å². The van der Waals surface area contributed by atoms with Crippen molar-refractivity contribution < 1.29 is 18.1 Å². The molecule has 130 valence electrons. The molecule has 25 heavy (non-hydrogen) atoms. The van der Waals surface area contributed by atoms with E-state index in [-0.39, 0.29) is 0 Å². The Balaban J connectivity index is 0.00000109. The van der Waals surface area contributed by atoms with Gasteiger partial charge in [0.25, 0.3) is 0 Å². The van der Waals surface area contributed by atoms with Crippen molar-refractivity contribution in [1.82, 2.24) is 0 Å². The third kappa shape index (κ3) is 6.02. The van der Waals surface area contributed by atoms with Crippen molar-refractivity contribution in [3.8, 4) is 17.2 Å². The summed E-state index contributed by atoms with van der Waals surface area (Å²) in [5, 5.41) is 0. The average Bonchev–Trinajstić information content (AvgIpc) is 2.65. The molecule has 0 unspecified atom stereocenters. The number of phosphoric acid groups is 1. The fourth-order valence-electron chi connectivity index (χ4n) is 1.89. The Bertz CT molecular complexity index is 668. The lowest BCUT2D eigenvalue weighted by Gasteiger charge is -2.19. The summed E-state index contributed by atoms with van der Waals surface area (Å²) in [4.78, 5) is 0. The second kappa shape index (κ2) is 9.55. The molecule has 4 nitrogen and oxygen atoms in total. The fourth-order valence-corrected chi connectivity index (χ4v) is 3.14. The van der Waals surface area contributed by atoms with Crippen LogP contribution in [0.15, 0.2) is 91.0 Å². The van der Waals surface area contributed by atoms with Gasteiger partial charge in [0.1, 0.15) is 17.2 Å². The molecular weight excluding hydrogens is 335 g/mol. The first-order chi connectivity index (χ1) is 12.2. The highest BCUT2D eigenvalue weighted by Gasteiger charge is 2.33. The van der Waals surface area contributed by atoms with Crippen LogP contribution in [0.3, 0.4) is 0 Å². The zero-order chi connectivity index (χ0) is 18.0. The van der Waals surface area contributed by atoms with Gasteiger partial charge in [-0.2, -0.15) is 4.57 Å². The molecule has 3 aromatic rings. The first kappa shape index (κ1) is 18.6. The molecule has 0 atom stereocenters. The van der Waals surface area contributed by atoms with Crippen LogP contribution in [-0.4, -0.2) is 0 Å². The summed E-state index contributed by atoms with van der Waals surface area (Å²) >= 11 is 0. The molecule has 0 bridgehead atoms. The highest BCUT2D eigenvalue weighted by Crippen LogP contribution is 2.49. The van der Waals surface area contributed by atoms with Crippen LogP contribution >= 0.6 is 7.82 Å². The Hall–Kier alpha value is -2.71. The van der Waals surface area contributed by atoms with Gasteiger partial charge in [-0.15, -0.1) is 0 Å². The lowest BCUT2D eigenvalue weighted by Crippen LogP contribution is -2.07. The Morgan fingerprint density at radius 1 is 0.520 bits per heavy atom. The molecule has 0 saturated carbocycles. The van der Waals surface area contributed by atoms with E-state index in [9.17, 15) is 4.57 Å². The van der Waals surface area contributed by atoms with Gasteiger partial charge in [0.15, 0.2) is 0 Å². The van der Waals surface area contributed by atoms with Gasteiger partial charge in [-0.3, -0.25) is 0 Å². The van der Waals surface area contributed by atoms with Gasteiger partial charge in [-0.25, -0.2) is 0 Å². The topological polar surface area (TPSA) is 44.8 Å². The molecule has 0 aromatic heterocycles. The van der Waals surface area contributed by atoms with Crippen LogP contribution in [0.25, 0.3) is 0 Å². The molecule has 0 spiro atoms. The van der Waals surface area contributed by atoms with E-state index in [0.717, 1.165) is 0 Å². The van der Waals surface area contributed by atoms with E-state index in [1.807, 2.05) is 32.0 Å². The largest absolute Gasteiger partial charge is 0.647 e. The van der Waals surface area contributed by atoms with Gasteiger partial charge in [-0.1, -0.05) is 68.4 Å². The smallest absolute Gasteiger partial charge is 0.386 e. The Kier molecular flexibility index (Phi) is 7.12. The summed E-state index contributed by atoms with van der Waals surface area (Å²) < 4.78 is 29.6. The SMILES string of the molecule is CC.O=P(Oc1ccccc1)(Oc1ccccc1)Oc1ccccc1. The normalized spacial score (nSPS) is 10.2. The molecule has 3 aromatic carbocycles. The number of benzene rings is 3. The number of hydrogen-bond donors (Lipinski definition) is 0. The lowest BCUT2D eigenvalue weighted by atomic mass is 10.3. The van der Waals surface area contributed by atoms with Crippen molar-refractivity contribution in [1.29, 1.82) is 0 Å². The zero-order valence-corrected chi connectivity index (χ0v) is 15.1. The molecule has 0 heterocycles. The van der Waals surface area contributed by atoms with Crippen molar-refractivity contribution in [3.05, 3.63) is 91.0 Å². The summed E-state index contributed by atoms with van der Waals surface area (Å²) in [5.41, 5.74) is 0. The number of hydrogen-bond acceptors (Lipinski definition) is 4. The van der Waals surface area contributed by atoms with Crippen molar-refractivity contribution in [3.63, 3.8) is 0 Å². The minimum absolute atomic E-state index is 0.405. The molecule has 3 rings (SSSR count). The van der Waals surface area contributed by atoms with E-state index in [2.05, 4.69) is 0 Å². The van der Waals surface area contributed by atoms with E-state index in [0.29, 0.717) is 17.2 Å². The van der Waals surface area contributed by atoms with Crippen molar-refractivity contribution in [2.24, 2.45) is 0 Å². The minimum atomic E-state index is -3.89. The third-order valence-electron chi connectivity index (χ3n) is 2.88. The Morgan fingerprint density at radius 3 is 1.00 bits per heavy atom. The van der Waals surface area contributed by atoms with Gasteiger partial charge in [0, 0.05) is 0 Å². The molecule has 0 amide bonds. The first-order valence-electron chi connectivity index (χ1n) is 8.07. The lowest BCUT2D eigenvalue weighted by molar-refractivity contribution is 0.298. The Morgan fingerprint density at radius 2 is 0.760 bits per heavy atom. The maximum Gasteiger partial charge on any atom is 0.647 e. The minimum Gasteiger partial charge on any atom is -0.386 e. The molecule has 0 fully saturated rings. The summed E-state index contributed by atoms with van der Waals surface area (Å²) in [7, 11) is -3.89. The summed E-state index contributed by atoms with van der Waals surface area (Å²) in [5.74, 6) is 1.22. The molecule has 5 heteroatoms. The molecule has 0 radical (unpaired) electrons. The predicted molar refractivity (Wildman–Crippen MR) is 100 cm³/mol. The molecule has 0 N–H and O–H groups in total. The second-order valence-electron chi connectivity index (χ2n) is 4.66.